The van der Waals surface area contributed by atoms with E-state index >= 15 is 0 Å². The highest BCUT2D eigenvalue weighted by Gasteiger charge is 2.46. The number of fused-ring (bicyclic) bond motifs is 10. The molecular formula is C90H74BN3S. The zero-order valence-corrected chi connectivity index (χ0v) is 55.2. The fourth-order valence-corrected chi connectivity index (χ4v) is 15.5. The largest absolute Gasteiger partial charge is 0.310 e. The van der Waals surface area contributed by atoms with Gasteiger partial charge in [0.25, 0.3) is 6.71 Å². The lowest BCUT2D eigenvalue weighted by atomic mass is 9.33. The quantitative estimate of drug-likeness (QED) is 0.141. The molecule has 5 heteroatoms. The van der Waals surface area contributed by atoms with Crippen molar-refractivity contribution in [3.05, 3.63) is 301 Å². The van der Waals surface area contributed by atoms with Crippen molar-refractivity contribution in [2.75, 3.05) is 9.80 Å². The van der Waals surface area contributed by atoms with E-state index in [-0.39, 0.29) is 67.8 Å². The van der Waals surface area contributed by atoms with Crippen molar-refractivity contribution >= 4 is 111 Å². The molecule has 458 valence electrons. The lowest BCUT2D eigenvalue weighted by molar-refractivity contribution is 0.590. The topological polar surface area (TPSA) is 11.4 Å². The van der Waals surface area contributed by atoms with E-state index in [4.69, 9.17) is 2.74 Å². The van der Waals surface area contributed by atoms with E-state index in [1.54, 1.807) is 0 Å². The summed E-state index contributed by atoms with van der Waals surface area (Å²) >= 11 is 1.54. The van der Waals surface area contributed by atoms with Gasteiger partial charge in [0.05, 0.1) is 41.6 Å². The highest BCUT2D eigenvalue weighted by Crippen LogP contribution is 2.56. The molecule has 13 aromatic carbocycles. The minimum Gasteiger partial charge on any atom is -0.310 e. The third-order valence-electron chi connectivity index (χ3n) is 19.1. The summed E-state index contributed by atoms with van der Waals surface area (Å²) in [5, 5.41) is 1.37. The normalized spacial score (nSPS) is 15.1. The van der Waals surface area contributed by atoms with Crippen LogP contribution in [-0.2, 0) is 16.2 Å². The van der Waals surface area contributed by atoms with E-state index in [2.05, 4.69) is 140 Å². The number of thiophene rings is 1. The Morgan fingerprint density at radius 3 is 1.28 bits per heavy atom. The van der Waals surface area contributed by atoms with Gasteiger partial charge < -0.3 is 14.4 Å². The predicted octanol–water partition coefficient (Wildman–Crippen LogP) is 23.5. The van der Waals surface area contributed by atoms with Crippen LogP contribution in [0.25, 0.3) is 103 Å². The SMILES string of the molecule is [2H]c1c([2H])c(-n2c3c([2H])c([2H])c([2H])c([2H])c3c3c([2H])c([2H])c([2H])c([2H])c32)c([2H])c2c1B1c3c(cc(C(C)(C)C)cc3N2c2c(-c3ccccc3)cc(C(C)(C)C)cc2-c2ccccc2)N(c2c(-c3ccccc3)cc(C(C)(C)C)cc2-c2ccccc2)c2c([2H])c([2H])c(-c3cccc4c3sc3ccccc34)c([2H])c21. The highest BCUT2D eigenvalue weighted by atomic mass is 32.1. The summed E-state index contributed by atoms with van der Waals surface area (Å²) in [7, 11) is 0. The molecule has 0 spiro atoms. The van der Waals surface area contributed by atoms with Gasteiger partial charge in [0, 0.05) is 81.6 Å². The molecule has 0 fully saturated rings. The van der Waals surface area contributed by atoms with Gasteiger partial charge in [0.15, 0.2) is 0 Å². The van der Waals surface area contributed by atoms with Crippen LogP contribution < -0.4 is 26.2 Å². The molecule has 3 nitrogen and oxygen atoms in total. The van der Waals surface area contributed by atoms with Crippen LogP contribution in [0, 0.1) is 0 Å². The van der Waals surface area contributed by atoms with Gasteiger partial charge in [-0.05, 0) is 155 Å². The molecule has 2 aliphatic heterocycles. The second-order valence-electron chi connectivity index (χ2n) is 28.1. The molecule has 0 radical (unpaired) electrons. The lowest BCUT2D eigenvalue weighted by Crippen LogP contribution is -2.61. The van der Waals surface area contributed by atoms with Gasteiger partial charge in [-0.25, -0.2) is 0 Å². The summed E-state index contributed by atoms with van der Waals surface area (Å²) in [6.45, 7) is 18.1. The molecule has 0 saturated heterocycles. The second-order valence-corrected chi connectivity index (χ2v) is 29.2. The molecule has 0 amide bonds. The first kappa shape index (κ1) is 45.0. The number of nitrogens with zero attached hydrogens (tertiary/aromatic N) is 3. The summed E-state index contributed by atoms with van der Waals surface area (Å²) in [6, 6.07) is 60.0. The lowest BCUT2D eigenvalue weighted by Gasteiger charge is -2.47. The molecule has 15 aromatic rings. The Bertz CT molecular complexity index is 6220. The number of anilines is 6. The maximum atomic E-state index is 11.7. The summed E-state index contributed by atoms with van der Waals surface area (Å²) in [5.74, 6) is 0. The zero-order valence-electron chi connectivity index (χ0n) is 68.4. The van der Waals surface area contributed by atoms with E-state index in [0.29, 0.717) is 44.9 Å². The van der Waals surface area contributed by atoms with Crippen molar-refractivity contribution < 1.29 is 19.2 Å². The van der Waals surface area contributed by atoms with Crippen molar-refractivity contribution in [1.29, 1.82) is 0 Å². The van der Waals surface area contributed by atoms with Crippen LogP contribution in [0.15, 0.2) is 285 Å². The van der Waals surface area contributed by atoms with Gasteiger partial charge in [-0.15, -0.1) is 11.3 Å². The van der Waals surface area contributed by atoms with Gasteiger partial charge in [-0.1, -0.05) is 274 Å². The number of aromatic nitrogens is 1. The van der Waals surface area contributed by atoms with Crippen molar-refractivity contribution in [3.63, 3.8) is 0 Å². The molecular weight excluding hydrogens is 1170 g/mol. The van der Waals surface area contributed by atoms with E-state index < -0.39 is 95.1 Å². The average Bonchev–Trinajstić information content (AvgIpc) is 1.28. The molecule has 17 rings (SSSR count). The number of hydrogen-bond acceptors (Lipinski definition) is 3. The van der Waals surface area contributed by atoms with Crippen molar-refractivity contribution in [2.45, 2.75) is 78.6 Å². The maximum absolute atomic E-state index is 11.7. The van der Waals surface area contributed by atoms with E-state index in [0.717, 1.165) is 70.2 Å². The van der Waals surface area contributed by atoms with Crippen molar-refractivity contribution in [3.8, 4) is 61.3 Å². The number of para-hydroxylation sites is 2. The summed E-state index contributed by atoms with van der Waals surface area (Å²) in [4.78, 5) is 4.14. The monoisotopic (exact) mass is 1250 g/mol. The molecule has 0 aliphatic carbocycles. The van der Waals surface area contributed by atoms with Crippen LogP contribution >= 0.6 is 11.3 Å². The molecule has 95 heavy (non-hydrogen) atoms. The Morgan fingerprint density at radius 2 is 0.789 bits per heavy atom. The Hall–Kier alpha value is -10.5. The summed E-state index contributed by atoms with van der Waals surface area (Å²) in [6.07, 6.45) is 0. The third kappa shape index (κ3) is 9.60. The third-order valence-corrected chi connectivity index (χ3v) is 20.3. The Morgan fingerprint density at radius 1 is 0.347 bits per heavy atom. The van der Waals surface area contributed by atoms with Gasteiger partial charge >= 0.3 is 0 Å². The summed E-state index contributed by atoms with van der Waals surface area (Å²) in [5.41, 5.74) is 10.4. The molecule has 4 heterocycles. The Kier molecular flexibility index (Phi) is 10.5. The molecule has 0 saturated carbocycles. The average molecular weight is 1250 g/mol. The van der Waals surface area contributed by atoms with Crippen LogP contribution in [0.3, 0.4) is 0 Å². The number of rotatable bonds is 8. The molecule has 0 N–H and O–H groups in total. The highest BCUT2D eigenvalue weighted by molar-refractivity contribution is 7.26. The smallest absolute Gasteiger partial charge is 0.252 e. The van der Waals surface area contributed by atoms with Crippen LogP contribution in [0.1, 0.15) is 98.2 Å². The van der Waals surface area contributed by atoms with Crippen molar-refractivity contribution in [2.24, 2.45) is 0 Å². The second kappa shape index (κ2) is 22.1. The zero-order chi connectivity index (χ0) is 76.8. The van der Waals surface area contributed by atoms with Crippen molar-refractivity contribution in [1.82, 2.24) is 4.57 Å². The molecule has 0 unspecified atom stereocenters. The first-order valence-corrected chi connectivity index (χ1v) is 33.3. The summed E-state index contributed by atoms with van der Waals surface area (Å²) < 4.78 is 146. The van der Waals surface area contributed by atoms with Crippen LogP contribution in [0.4, 0.5) is 34.1 Å². The van der Waals surface area contributed by atoms with Crippen LogP contribution in [0.2, 0.25) is 0 Å². The fourth-order valence-electron chi connectivity index (χ4n) is 14.2. The first-order chi connectivity index (χ1) is 51.9. The van der Waals surface area contributed by atoms with E-state index in [1.807, 2.05) is 132 Å². The molecule has 2 aromatic heterocycles. The first-order valence-electron chi connectivity index (χ1n) is 39.5. The molecule has 0 atom stereocenters. The minimum absolute atomic E-state index is 0.0259. The fraction of sp³-hybridized carbons (Fsp3) is 0.133. The predicted molar refractivity (Wildman–Crippen MR) is 411 cm³/mol. The van der Waals surface area contributed by atoms with Gasteiger partial charge in [-0.3, -0.25) is 0 Å². The van der Waals surface area contributed by atoms with Gasteiger partial charge in [-0.2, -0.15) is 0 Å². The molecule has 0 bridgehead atoms. The standard InChI is InChI=1S/C90H74BN3S/c1-88(2,3)62-50-71(57-29-14-10-15-30-57)85(72(51-62)58-31-16-11-17-32-58)93-79-48-45-61(66-40-28-41-70-69-39-24-27-44-83(69)95-87(66)70)49-76(79)91-75-47-46-65(92-77-42-25-22-37-67(77)68-38-23-26-43-78(68)92)56-80(75)94(82-55-64(90(7,8)9)54-81(93)84(82)91)86-73(59-33-18-12-19-34-59)52-63(89(4,5)6)53-74(86)60-35-20-13-21-36-60/h10-56H,1-9H3/i22D,23D,25D,26D,37D,38D,42D,43D,45D,46D,47D,48D,49D,56D. The van der Waals surface area contributed by atoms with Gasteiger partial charge in [0.1, 0.15) is 0 Å². The molecule has 2 aliphatic rings. The van der Waals surface area contributed by atoms with Crippen LogP contribution in [0.5, 0.6) is 0 Å². The van der Waals surface area contributed by atoms with Crippen LogP contribution in [-0.4, -0.2) is 11.3 Å². The maximum Gasteiger partial charge on any atom is 0.252 e. The number of benzene rings is 13. The Balaban J connectivity index is 1.15. The minimum atomic E-state index is -1.33. The van der Waals surface area contributed by atoms with Gasteiger partial charge in [0.2, 0.25) is 0 Å². The van der Waals surface area contributed by atoms with E-state index in [1.165, 1.54) is 15.9 Å². The Labute approximate surface area is 582 Å². The number of hydrogen-bond donors (Lipinski definition) is 0. The van der Waals surface area contributed by atoms with E-state index in [9.17, 15) is 16.4 Å².